The highest BCUT2D eigenvalue weighted by Crippen LogP contribution is 2.29. The minimum absolute atomic E-state index is 0.278. The van der Waals surface area contributed by atoms with Crippen molar-refractivity contribution in [2.24, 2.45) is 5.73 Å². The Hall–Kier alpha value is -1.03. The molecule has 0 amide bonds. The van der Waals surface area contributed by atoms with E-state index < -0.39 is 31.8 Å². The van der Waals surface area contributed by atoms with Crippen LogP contribution < -0.4 is 10.8 Å². The van der Waals surface area contributed by atoms with Crippen LogP contribution in [-0.4, -0.2) is 55.7 Å². The van der Waals surface area contributed by atoms with Gasteiger partial charge < -0.3 is 30.8 Å². The summed E-state index contributed by atoms with van der Waals surface area (Å²) >= 11 is 0. The van der Waals surface area contributed by atoms with Gasteiger partial charge in [-0.05, 0) is 6.92 Å². The third kappa shape index (κ3) is 12.9. The van der Waals surface area contributed by atoms with Crippen LogP contribution in [0.1, 0.15) is 6.92 Å². The number of rotatable bonds is 5. The van der Waals surface area contributed by atoms with Gasteiger partial charge in [-0.3, -0.25) is 9.59 Å². The fourth-order valence-electron chi connectivity index (χ4n) is 0.551. The number of carboxylic acids is 2. The quantitative estimate of drug-likeness (QED) is 0.264. The molecule has 17 heavy (non-hydrogen) atoms. The van der Waals surface area contributed by atoms with Crippen molar-refractivity contribution in [1.82, 2.24) is 5.09 Å². The van der Waals surface area contributed by atoms with Gasteiger partial charge in [0.05, 0.1) is 12.6 Å². The predicted molar refractivity (Wildman–Crippen MR) is 55.0 cm³/mol. The molecule has 10 nitrogen and oxygen atoms in total. The zero-order valence-electron chi connectivity index (χ0n) is 8.85. The predicted octanol–water partition coefficient (Wildman–Crippen LogP) is -2.47. The third-order valence-corrected chi connectivity index (χ3v) is 1.84. The number of aliphatic hydroxyl groups excluding tert-OH is 1. The molecule has 0 fully saturated rings. The van der Waals surface area contributed by atoms with Gasteiger partial charge in [0, 0.05) is 0 Å². The van der Waals surface area contributed by atoms with Crippen molar-refractivity contribution in [1.29, 1.82) is 0 Å². The van der Waals surface area contributed by atoms with E-state index in [1.54, 1.807) is 0 Å². The number of carbonyl (C=O) groups is 2. The van der Waals surface area contributed by atoms with Crippen LogP contribution in [0.4, 0.5) is 0 Å². The SMILES string of the molecule is C[C@@H](O)[C@H](NP(=O)(O)O)C(=O)O.NCC(=O)O. The zero-order chi connectivity index (χ0) is 14.2. The fraction of sp³-hybridized carbons (Fsp3) is 0.667. The topological polar surface area (TPSA) is 190 Å². The fourth-order valence-corrected chi connectivity index (χ4v) is 1.24. The van der Waals surface area contributed by atoms with Crippen molar-refractivity contribution < 1.29 is 39.3 Å². The standard InChI is InChI=1S/C4H10NO6P.C2H5NO2/c1-2(6)3(4(7)8)5-12(9,10)11;3-1-2(4)5/h2-3,6H,1H3,(H,7,8)(H3,5,9,10,11);1,3H2,(H,4,5)/t2-,3+;/m1./s1. The summed E-state index contributed by atoms with van der Waals surface area (Å²) in [6, 6.07) is -1.66. The van der Waals surface area contributed by atoms with Crippen molar-refractivity contribution >= 4 is 19.7 Å². The molecule has 0 saturated heterocycles. The van der Waals surface area contributed by atoms with Gasteiger partial charge in [-0.2, -0.15) is 0 Å². The first-order valence-corrected chi connectivity index (χ1v) is 5.78. The Morgan fingerprint density at radius 1 is 1.35 bits per heavy atom. The van der Waals surface area contributed by atoms with Crippen LogP contribution >= 0.6 is 7.75 Å². The lowest BCUT2D eigenvalue weighted by atomic mass is 10.2. The van der Waals surface area contributed by atoms with Crippen LogP contribution in [0.5, 0.6) is 0 Å². The first kappa shape index (κ1) is 18.3. The Balaban J connectivity index is 0. The lowest BCUT2D eigenvalue weighted by Crippen LogP contribution is -2.42. The highest BCUT2D eigenvalue weighted by Gasteiger charge is 2.29. The van der Waals surface area contributed by atoms with Crippen LogP contribution in [0.2, 0.25) is 0 Å². The average Bonchev–Trinajstić information content (AvgIpc) is 2.13. The van der Waals surface area contributed by atoms with Gasteiger partial charge in [-0.1, -0.05) is 0 Å². The molecule has 0 aliphatic heterocycles. The highest BCUT2D eigenvalue weighted by molar-refractivity contribution is 7.49. The molecule has 0 radical (unpaired) electrons. The molecular weight excluding hydrogens is 259 g/mol. The van der Waals surface area contributed by atoms with Crippen molar-refractivity contribution in [3.8, 4) is 0 Å². The molecule has 0 aromatic carbocycles. The van der Waals surface area contributed by atoms with E-state index in [1.807, 2.05) is 0 Å². The van der Waals surface area contributed by atoms with E-state index in [2.05, 4.69) is 5.73 Å². The smallest absolute Gasteiger partial charge is 0.401 e. The highest BCUT2D eigenvalue weighted by atomic mass is 31.2. The summed E-state index contributed by atoms with van der Waals surface area (Å²) in [7, 11) is -4.62. The van der Waals surface area contributed by atoms with E-state index in [0.717, 1.165) is 6.92 Å². The van der Waals surface area contributed by atoms with E-state index in [-0.39, 0.29) is 6.54 Å². The number of nitrogens with one attached hydrogen (secondary N) is 1. The molecule has 0 aromatic rings. The largest absolute Gasteiger partial charge is 0.480 e. The molecule has 8 N–H and O–H groups in total. The number of carboxylic acid groups (broad SMARTS) is 2. The number of hydrogen-bond acceptors (Lipinski definition) is 5. The van der Waals surface area contributed by atoms with E-state index in [4.69, 9.17) is 25.1 Å². The van der Waals surface area contributed by atoms with E-state index >= 15 is 0 Å². The molecule has 0 saturated carbocycles. The Kier molecular flexibility index (Phi) is 8.76. The molecule has 11 heteroatoms. The summed E-state index contributed by atoms with van der Waals surface area (Å²) in [6.45, 7) is 0.835. The molecule has 0 aliphatic rings. The Bertz CT molecular complexity index is 300. The number of aliphatic hydroxyl groups is 1. The summed E-state index contributed by atoms with van der Waals surface area (Å²) in [5, 5.41) is 26.2. The average molecular weight is 274 g/mol. The molecule has 0 spiro atoms. The van der Waals surface area contributed by atoms with E-state index in [0.29, 0.717) is 0 Å². The van der Waals surface area contributed by atoms with Crippen LogP contribution in [-0.2, 0) is 14.2 Å². The van der Waals surface area contributed by atoms with Crippen LogP contribution in [0.15, 0.2) is 0 Å². The molecule has 0 aromatic heterocycles. The maximum absolute atomic E-state index is 10.3. The lowest BCUT2D eigenvalue weighted by Gasteiger charge is -2.17. The second-order valence-electron chi connectivity index (χ2n) is 2.83. The summed E-state index contributed by atoms with van der Waals surface area (Å²) in [5.74, 6) is -2.49. The summed E-state index contributed by atoms with van der Waals surface area (Å²) in [4.78, 5) is 36.1. The van der Waals surface area contributed by atoms with Gasteiger partial charge in [0.1, 0.15) is 6.04 Å². The second-order valence-corrected chi connectivity index (χ2v) is 4.17. The van der Waals surface area contributed by atoms with Crippen molar-refractivity contribution in [2.45, 2.75) is 19.1 Å². The zero-order valence-corrected chi connectivity index (χ0v) is 9.74. The maximum atomic E-state index is 10.3. The first-order chi connectivity index (χ1) is 7.51. The van der Waals surface area contributed by atoms with Crippen molar-refractivity contribution in [3.63, 3.8) is 0 Å². The summed E-state index contributed by atoms with van der Waals surface area (Å²) in [5.41, 5.74) is 4.57. The Morgan fingerprint density at radius 2 is 1.71 bits per heavy atom. The van der Waals surface area contributed by atoms with Gasteiger partial charge in [0.15, 0.2) is 0 Å². The van der Waals surface area contributed by atoms with Crippen molar-refractivity contribution in [3.05, 3.63) is 0 Å². The number of nitrogens with two attached hydrogens (primary N) is 1. The second kappa shape index (κ2) is 8.12. The first-order valence-electron chi connectivity index (χ1n) is 4.17. The lowest BCUT2D eigenvalue weighted by molar-refractivity contribution is -0.141. The Labute approximate surface area is 96.3 Å². The van der Waals surface area contributed by atoms with Gasteiger partial charge in [0.25, 0.3) is 0 Å². The van der Waals surface area contributed by atoms with E-state index in [9.17, 15) is 14.2 Å². The molecule has 0 bridgehead atoms. The molecule has 0 aliphatic carbocycles. The van der Waals surface area contributed by atoms with Gasteiger partial charge >= 0.3 is 19.7 Å². The molecule has 2 atom stereocenters. The van der Waals surface area contributed by atoms with Gasteiger partial charge in [0.2, 0.25) is 0 Å². The summed E-state index contributed by atoms with van der Waals surface area (Å²) in [6.07, 6.45) is -1.38. The monoisotopic (exact) mass is 274 g/mol. The molecule has 102 valence electrons. The Morgan fingerprint density at radius 3 is 1.76 bits per heavy atom. The number of hydrogen-bond donors (Lipinski definition) is 7. The number of aliphatic carboxylic acids is 2. The molecule has 0 rings (SSSR count). The minimum atomic E-state index is -4.62. The van der Waals surface area contributed by atoms with Gasteiger partial charge in [-0.15, -0.1) is 0 Å². The molecular formula is C6H15N2O8P. The maximum Gasteiger partial charge on any atom is 0.401 e. The molecule has 0 heterocycles. The normalized spacial score (nSPS) is 14.2. The van der Waals surface area contributed by atoms with Crippen molar-refractivity contribution in [2.75, 3.05) is 6.54 Å². The van der Waals surface area contributed by atoms with Crippen LogP contribution in [0, 0.1) is 0 Å². The van der Waals surface area contributed by atoms with Gasteiger partial charge in [-0.25, -0.2) is 9.65 Å². The molecule has 0 unspecified atom stereocenters. The third-order valence-electron chi connectivity index (χ3n) is 1.23. The van der Waals surface area contributed by atoms with Crippen LogP contribution in [0.3, 0.4) is 0 Å². The van der Waals surface area contributed by atoms with Crippen LogP contribution in [0.25, 0.3) is 0 Å². The minimum Gasteiger partial charge on any atom is -0.480 e. The van der Waals surface area contributed by atoms with E-state index in [1.165, 1.54) is 5.09 Å². The summed E-state index contributed by atoms with van der Waals surface area (Å²) < 4.78 is 10.3.